The van der Waals surface area contributed by atoms with Gasteiger partial charge >= 0.3 is 12.1 Å². The Hall–Kier alpha value is -5.03. The second kappa shape index (κ2) is 19.6. The number of carbonyl (C=O) groups excluding carboxylic acids is 5. The number of hydrogen-bond acceptors (Lipinski definition) is 9. The fourth-order valence-electron chi connectivity index (χ4n) is 6.37. The molecule has 1 aliphatic heterocycles. The van der Waals surface area contributed by atoms with Gasteiger partial charge in [0.2, 0.25) is 14.8 Å². The van der Waals surface area contributed by atoms with Crippen LogP contribution in [0.1, 0.15) is 11.1 Å². The van der Waals surface area contributed by atoms with Gasteiger partial charge in [-0.05, 0) is 27.0 Å². The maximum Gasteiger partial charge on any atom is 0.508 e. The minimum Gasteiger partial charge on any atom is -0.456 e. The van der Waals surface area contributed by atoms with Gasteiger partial charge in [0.15, 0.2) is 6.61 Å². The second-order valence-corrected chi connectivity index (χ2v) is 19.8. The third kappa shape index (κ3) is 10.3. The van der Waals surface area contributed by atoms with Crippen molar-refractivity contribution in [3.8, 4) is 0 Å². The maximum atomic E-state index is 15.1. The van der Waals surface area contributed by atoms with Gasteiger partial charge in [-0.2, -0.15) is 0 Å². The number of likely N-dealkylation sites (tertiary alicyclic amines) is 1. The molecular weight excluding hydrogens is 842 g/mol. The molecule has 0 aliphatic carbocycles. The smallest absolute Gasteiger partial charge is 0.456 e. The lowest BCUT2D eigenvalue weighted by molar-refractivity contribution is -0.146. The first kappa shape index (κ1) is 42.6. The molecule has 58 heavy (non-hydrogen) atoms. The number of ether oxygens (including phenoxy) is 3. The number of halogens is 3. The number of hydrogen-bond donors (Lipinski definition) is 1. The van der Waals surface area contributed by atoms with E-state index >= 15 is 4.79 Å². The van der Waals surface area contributed by atoms with Crippen LogP contribution >= 0.6 is 53.5 Å². The lowest BCUT2D eigenvalue weighted by atomic mass is 10.1. The quantitative estimate of drug-likeness (QED) is 0.0574. The summed E-state index contributed by atoms with van der Waals surface area (Å²) in [5, 5.41) is 3.03. The Morgan fingerprint density at radius 2 is 1.12 bits per heavy atom. The van der Waals surface area contributed by atoms with Crippen molar-refractivity contribution in [3.05, 3.63) is 163 Å². The van der Waals surface area contributed by atoms with Gasteiger partial charge in [0.1, 0.15) is 30.0 Å². The number of β-lactam (4-membered cyclic amide) rings is 1. The van der Waals surface area contributed by atoms with Gasteiger partial charge in [-0.1, -0.05) is 198 Å². The van der Waals surface area contributed by atoms with Crippen LogP contribution in [0.4, 0.5) is 4.79 Å². The summed E-state index contributed by atoms with van der Waals surface area (Å²) in [6.07, 6.45) is -1.33. The Kier molecular flexibility index (Phi) is 14.4. The summed E-state index contributed by atoms with van der Waals surface area (Å²) in [4.78, 5) is 70.6. The molecule has 5 aromatic carbocycles. The average Bonchev–Trinajstić information content (AvgIpc) is 3.24. The van der Waals surface area contributed by atoms with Gasteiger partial charge in [0.05, 0.1) is 6.42 Å². The normalized spacial score (nSPS) is 15.1. The summed E-state index contributed by atoms with van der Waals surface area (Å²) in [7, 11) is 0. The lowest BCUT2D eigenvalue weighted by Crippen LogP contribution is -2.72. The van der Waals surface area contributed by atoms with Crippen LogP contribution in [0.15, 0.2) is 152 Å². The summed E-state index contributed by atoms with van der Waals surface area (Å²) in [6, 6.07) is 44.8. The van der Waals surface area contributed by atoms with Crippen molar-refractivity contribution in [2.45, 2.75) is 28.2 Å². The molecule has 2 amide bonds. The number of rotatable bonds is 14. The van der Waals surface area contributed by atoms with Crippen molar-refractivity contribution in [1.82, 2.24) is 10.2 Å². The van der Waals surface area contributed by atoms with E-state index in [0.29, 0.717) is 22.9 Å². The van der Waals surface area contributed by atoms with Crippen LogP contribution < -0.4 is 21.2 Å². The molecule has 2 atom stereocenters. The number of esters is 1. The van der Waals surface area contributed by atoms with Gasteiger partial charge < -0.3 is 19.5 Å². The lowest BCUT2D eigenvalue weighted by Gasteiger charge is -2.49. The monoisotopic (exact) mass is 876 g/mol. The van der Waals surface area contributed by atoms with E-state index in [9.17, 15) is 19.2 Å². The highest BCUT2D eigenvalue weighted by molar-refractivity contribution is 8.14. The minimum atomic E-state index is -3.38. The van der Waals surface area contributed by atoms with Crippen molar-refractivity contribution in [3.63, 3.8) is 0 Å². The molecule has 1 fully saturated rings. The van der Waals surface area contributed by atoms with E-state index in [2.05, 4.69) is 5.32 Å². The van der Waals surface area contributed by atoms with Crippen LogP contribution in [0.2, 0.25) is 0 Å². The summed E-state index contributed by atoms with van der Waals surface area (Å²) in [5.74, 6) is -1.94. The van der Waals surface area contributed by atoms with Crippen molar-refractivity contribution < 1.29 is 38.2 Å². The Balaban J connectivity index is 1.51. The molecule has 2 unspecified atom stereocenters. The molecule has 1 aliphatic rings. The molecule has 10 nitrogen and oxygen atoms in total. The second-order valence-electron chi connectivity index (χ2n) is 12.8. The molecule has 0 bridgehead atoms. The van der Waals surface area contributed by atoms with Gasteiger partial charge in [-0.15, -0.1) is 0 Å². The largest absolute Gasteiger partial charge is 0.508 e. The fourth-order valence-corrected chi connectivity index (χ4v) is 12.0. The highest BCUT2D eigenvalue weighted by atomic mass is 35.6. The molecule has 0 saturated carbocycles. The standard InChI is InChI=1S/C43H36Cl3N2O8PS/c44-43(45,46)29-56-42(53)55-28-36(50)58-40-37(47-35(49)26-30-16-6-1-7-17-30)38(51)48(40)39(41(52)54-27-31-18-8-2-9-19-31)57(32-20-10-3-11-21-32,33-22-12-4-13-23-33)34-24-14-5-15-25-34/h1-25,37,40H,26-29H2,(H,47,49). The molecule has 1 N–H and O–H groups in total. The van der Waals surface area contributed by atoms with E-state index in [4.69, 9.17) is 49.0 Å². The number of nitrogens with zero attached hydrogens (tertiary/aromatic N) is 1. The first-order chi connectivity index (χ1) is 28.0. The number of benzene rings is 5. The zero-order valence-corrected chi connectivity index (χ0v) is 34.6. The van der Waals surface area contributed by atoms with Gasteiger partial charge in [-0.3, -0.25) is 19.3 Å². The maximum absolute atomic E-state index is 15.1. The molecule has 298 valence electrons. The zero-order chi connectivity index (χ0) is 41.1. The molecule has 1 saturated heterocycles. The van der Waals surface area contributed by atoms with Crippen LogP contribution in [0.3, 0.4) is 0 Å². The van der Waals surface area contributed by atoms with Crippen LogP contribution in [-0.2, 0) is 46.4 Å². The fraction of sp³-hybridized carbons (Fsp3) is 0.163. The van der Waals surface area contributed by atoms with E-state index in [0.717, 1.165) is 15.9 Å². The summed E-state index contributed by atoms with van der Waals surface area (Å²) in [6.45, 7) is -4.95. The summed E-state index contributed by atoms with van der Waals surface area (Å²) < 4.78 is 14.0. The Bertz CT molecular complexity index is 2180. The Morgan fingerprint density at radius 1 is 0.655 bits per heavy atom. The first-order valence-electron chi connectivity index (χ1n) is 17.8. The Morgan fingerprint density at radius 3 is 1.60 bits per heavy atom. The minimum absolute atomic E-state index is 0.0149. The third-order valence-electron chi connectivity index (χ3n) is 8.85. The molecule has 0 radical (unpaired) electrons. The topological polar surface area (TPSA) is 128 Å². The van der Waals surface area contributed by atoms with Crippen LogP contribution in [0, 0.1) is 0 Å². The molecule has 0 aromatic heterocycles. The number of amides is 2. The molecule has 15 heteroatoms. The van der Waals surface area contributed by atoms with Gasteiger partial charge in [-0.25, -0.2) is 9.59 Å². The highest BCUT2D eigenvalue weighted by Gasteiger charge is 2.55. The van der Waals surface area contributed by atoms with E-state index in [1.165, 1.54) is 4.90 Å². The number of carbonyl (C=O) groups is 5. The van der Waals surface area contributed by atoms with Gasteiger partial charge in [0, 0.05) is 6.89 Å². The van der Waals surface area contributed by atoms with E-state index in [1.54, 1.807) is 24.3 Å². The van der Waals surface area contributed by atoms with E-state index in [1.807, 2.05) is 127 Å². The first-order valence-corrected chi connectivity index (χ1v) is 21.6. The number of alkyl halides is 3. The number of thioether (sulfide) groups is 1. The summed E-state index contributed by atoms with van der Waals surface area (Å²) in [5.41, 5.74) is 1.39. The molecular formula is C43H36Cl3N2O8PS. The van der Waals surface area contributed by atoms with E-state index < -0.39 is 64.4 Å². The third-order valence-corrected chi connectivity index (χ3v) is 14.5. The predicted octanol–water partition coefficient (Wildman–Crippen LogP) is 6.53. The van der Waals surface area contributed by atoms with Crippen LogP contribution in [0.25, 0.3) is 0 Å². The average molecular weight is 878 g/mol. The zero-order valence-electron chi connectivity index (χ0n) is 30.6. The van der Waals surface area contributed by atoms with E-state index in [-0.39, 0.29) is 18.4 Å². The molecule has 0 spiro atoms. The van der Waals surface area contributed by atoms with Crippen molar-refractivity contribution in [2.24, 2.45) is 0 Å². The Labute approximate surface area is 354 Å². The highest BCUT2D eigenvalue weighted by Crippen LogP contribution is 2.49. The van der Waals surface area contributed by atoms with Crippen molar-refractivity contribution in [1.29, 1.82) is 0 Å². The van der Waals surface area contributed by atoms with Crippen LogP contribution in [0.5, 0.6) is 0 Å². The van der Waals surface area contributed by atoms with Crippen molar-refractivity contribution in [2.75, 3.05) is 13.2 Å². The predicted molar refractivity (Wildman–Crippen MR) is 229 cm³/mol. The SMILES string of the molecule is O=C(Cc1ccccc1)NC1C(=O)N(C(C(=O)OCc2ccccc2)=P(c2ccccc2)(c2ccccc2)c2ccccc2)C1SC(=O)COC(=O)OCC(Cl)(Cl)Cl. The molecule has 6 rings (SSSR count). The molecule has 5 aromatic rings. The number of nitrogens with one attached hydrogen (secondary N) is 1. The summed E-state index contributed by atoms with van der Waals surface area (Å²) >= 11 is 17.6. The molecule has 1 heterocycles. The van der Waals surface area contributed by atoms with Crippen molar-refractivity contribution >= 4 is 104 Å². The van der Waals surface area contributed by atoms with Crippen LogP contribution in [-0.4, -0.2) is 67.8 Å². The van der Waals surface area contributed by atoms with Gasteiger partial charge in [0.25, 0.3) is 5.91 Å².